The zero-order valence-electron chi connectivity index (χ0n) is 25.8. The highest BCUT2D eigenvalue weighted by Crippen LogP contribution is 2.21. The number of ether oxygens (including phenoxy) is 4. The second kappa shape index (κ2) is 27.5. The lowest BCUT2D eigenvalue weighted by atomic mass is 10.3. The van der Waals surface area contributed by atoms with Gasteiger partial charge in [-0.2, -0.15) is 0 Å². The third-order valence-electron chi connectivity index (χ3n) is 4.26. The van der Waals surface area contributed by atoms with E-state index in [0.717, 1.165) is 5.75 Å². The standard InChI is InChI=1S/C9H11BO3.C8H7BO3.C8H7BO2.3C2H6/c1-7(6-11)12-8-2-4-9(13-10)5-3-8;9-12-7-3-1-6(2-4-7)11-8-5-10-8;1-2-10-7-3-5-8(11-9)6-4-7;3*1-2/h2-5,7,11H,6H2,1H3;1-4,8H,5H2;2-6H,1H2;3*1-2H3. The first-order chi connectivity index (χ1) is 20.5. The van der Waals surface area contributed by atoms with Gasteiger partial charge in [0.25, 0.3) is 0 Å². The van der Waals surface area contributed by atoms with Crippen molar-refractivity contribution in [1.82, 2.24) is 0 Å². The van der Waals surface area contributed by atoms with Crippen molar-refractivity contribution in [2.45, 2.75) is 60.9 Å². The van der Waals surface area contributed by atoms with Crippen LogP contribution in [-0.4, -0.2) is 54.9 Å². The summed E-state index contributed by atoms with van der Waals surface area (Å²) in [5.74, 6) is 3.94. The minimum atomic E-state index is -0.204. The van der Waals surface area contributed by atoms with E-state index in [1.54, 1.807) is 79.7 Å². The van der Waals surface area contributed by atoms with Crippen LogP contribution >= 0.6 is 0 Å². The van der Waals surface area contributed by atoms with Gasteiger partial charge in [-0.05, 0) is 79.7 Å². The molecule has 8 nitrogen and oxygen atoms in total. The summed E-state index contributed by atoms with van der Waals surface area (Å²) in [5.41, 5.74) is 0. The van der Waals surface area contributed by atoms with Crippen molar-refractivity contribution in [3.05, 3.63) is 85.6 Å². The van der Waals surface area contributed by atoms with Crippen LogP contribution in [0, 0.1) is 0 Å². The first-order valence-corrected chi connectivity index (χ1v) is 13.7. The number of epoxide rings is 1. The molecule has 1 N–H and O–H groups in total. The van der Waals surface area contributed by atoms with Gasteiger partial charge >= 0.3 is 24.1 Å². The molecule has 224 valence electrons. The third kappa shape index (κ3) is 19.4. The lowest BCUT2D eigenvalue weighted by Gasteiger charge is -2.11. The molecule has 6 radical (unpaired) electrons. The predicted octanol–water partition coefficient (Wildman–Crippen LogP) is 6.54. The number of hydrogen-bond acceptors (Lipinski definition) is 8. The summed E-state index contributed by atoms with van der Waals surface area (Å²) < 4.78 is 34.0. The average molecular weight is 576 g/mol. The number of hydrogen-bond donors (Lipinski definition) is 1. The van der Waals surface area contributed by atoms with E-state index in [2.05, 4.69) is 20.5 Å². The number of benzene rings is 3. The van der Waals surface area contributed by atoms with E-state index in [1.165, 1.54) is 6.26 Å². The van der Waals surface area contributed by atoms with E-state index < -0.39 is 0 Å². The zero-order valence-corrected chi connectivity index (χ0v) is 25.8. The molecule has 1 saturated heterocycles. The normalized spacial score (nSPS) is 12.2. The first-order valence-electron chi connectivity index (χ1n) is 13.7. The van der Waals surface area contributed by atoms with E-state index in [1.807, 2.05) is 41.5 Å². The highest BCUT2D eigenvalue weighted by atomic mass is 16.8. The Kier molecular flexibility index (Phi) is 26.5. The molecule has 0 amide bonds. The van der Waals surface area contributed by atoms with E-state index >= 15 is 0 Å². The molecule has 3 aromatic rings. The van der Waals surface area contributed by atoms with Crippen molar-refractivity contribution in [1.29, 1.82) is 0 Å². The number of aliphatic hydroxyl groups is 1. The Labute approximate surface area is 256 Å². The second-order valence-corrected chi connectivity index (χ2v) is 7.04. The SMILES string of the molecule is CC.CC.CC.[B]Oc1ccc(OC(C)CO)cc1.[B]Oc1ccc(OC2CO2)cc1.[B]Oc1ccc(OC=C)cc1. The van der Waals surface area contributed by atoms with Gasteiger partial charge in [0, 0.05) is 0 Å². The molecule has 2 unspecified atom stereocenters. The average Bonchev–Trinajstić information content (AvgIpc) is 3.90. The van der Waals surface area contributed by atoms with Crippen molar-refractivity contribution in [3.8, 4) is 34.5 Å². The molecule has 0 aliphatic carbocycles. The summed E-state index contributed by atoms with van der Waals surface area (Å²) in [7, 11) is 14.8. The van der Waals surface area contributed by atoms with E-state index in [-0.39, 0.29) is 19.0 Å². The Balaban J connectivity index is 0. The van der Waals surface area contributed by atoms with Gasteiger partial charge in [0.15, 0.2) is 0 Å². The maximum atomic E-state index is 8.73. The van der Waals surface area contributed by atoms with Crippen molar-refractivity contribution < 1.29 is 38.0 Å². The monoisotopic (exact) mass is 576 g/mol. The van der Waals surface area contributed by atoms with Crippen LogP contribution in [0.25, 0.3) is 0 Å². The molecule has 11 heteroatoms. The van der Waals surface area contributed by atoms with Gasteiger partial charge < -0.3 is 38.0 Å². The summed E-state index contributed by atoms with van der Waals surface area (Å²) in [6.07, 6.45) is 1.09. The van der Waals surface area contributed by atoms with Gasteiger partial charge in [0.2, 0.25) is 6.29 Å². The molecule has 2 atom stereocenters. The van der Waals surface area contributed by atoms with Crippen molar-refractivity contribution in [3.63, 3.8) is 0 Å². The molecule has 0 bridgehead atoms. The topological polar surface area (TPSA) is 88.1 Å². The van der Waals surface area contributed by atoms with Crippen LogP contribution in [0.2, 0.25) is 0 Å². The Bertz CT molecular complexity index is 1000. The Morgan fingerprint density at radius 1 is 0.714 bits per heavy atom. The summed E-state index contributed by atoms with van der Waals surface area (Å²) in [5, 5.41) is 8.73. The number of rotatable bonds is 10. The van der Waals surface area contributed by atoms with E-state index in [0.29, 0.717) is 35.4 Å². The molecular formula is C31H43B3O8. The lowest BCUT2D eigenvalue weighted by molar-refractivity contribution is 0.129. The predicted molar refractivity (Wildman–Crippen MR) is 171 cm³/mol. The molecule has 1 fully saturated rings. The Morgan fingerprint density at radius 3 is 1.36 bits per heavy atom. The maximum absolute atomic E-state index is 8.73. The maximum Gasteiger partial charge on any atom is 0.374 e. The van der Waals surface area contributed by atoms with Gasteiger partial charge in [0.1, 0.15) is 30.0 Å². The van der Waals surface area contributed by atoms with Crippen LogP contribution in [0.5, 0.6) is 34.5 Å². The van der Waals surface area contributed by atoms with Gasteiger partial charge in [-0.25, -0.2) is 0 Å². The van der Waals surface area contributed by atoms with Gasteiger partial charge in [-0.15, -0.1) is 0 Å². The molecule has 4 rings (SSSR count). The molecule has 1 aliphatic heterocycles. The molecule has 42 heavy (non-hydrogen) atoms. The van der Waals surface area contributed by atoms with Gasteiger partial charge in [-0.1, -0.05) is 48.1 Å². The van der Waals surface area contributed by atoms with E-state index in [9.17, 15) is 0 Å². The molecule has 0 spiro atoms. The third-order valence-corrected chi connectivity index (χ3v) is 4.26. The summed E-state index contributed by atoms with van der Waals surface area (Å²) in [4.78, 5) is 0. The van der Waals surface area contributed by atoms with Crippen LogP contribution in [0.4, 0.5) is 0 Å². The largest absolute Gasteiger partial charge is 0.568 e. The van der Waals surface area contributed by atoms with Crippen molar-refractivity contribution >= 4 is 24.1 Å². The molecule has 1 heterocycles. The van der Waals surface area contributed by atoms with Gasteiger partial charge in [0.05, 0.1) is 30.1 Å². The molecule has 0 saturated carbocycles. The van der Waals surface area contributed by atoms with Crippen LogP contribution < -0.4 is 28.2 Å². The van der Waals surface area contributed by atoms with Crippen LogP contribution in [0.3, 0.4) is 0 Å². The lowest BCUT2D eigenvalue weighted by Crippen LogP contribution is -2.15. The smallest absolute Gasteiger partial charge is 0.374 e. The highest BCUT2D eigenvalue weighted by molar-refractivity contribution is 6.00. The minimum absolute atomic E-state index is 0.00482. The molecule has 0 aromatic heterocycles. The number of aliphatic hydroxyl groups excluding tert-OH is 1. The van der Waals surface area contributed by atoms with Crippen molar-refractivity contribution in [2.75, 3.05) is 13.2 Å². The quantitative estimate of drug-likeness (QED) is 0.166. The van der Waals surface area contributed by atoms with Crippen LogP contribution in [0.15, 0.2) is 85.6 Å². The van der Waals surface area contributed by atoms with Crippen LogP contribution in [0.1, 0.15) is 48.5 Å². The summed E-state index contributed by atoms with van der Waals surface area (Å²) >= 11 is 0. The minimum Gasteiger partial charge on any atom is -0.568 e. The summed E-state index contributed by atoms with van der Waals surface area (Å²) in [6, 6.07) is 20.8. The Morgan fingerprint density at radius 2 is 1.05 bits per heavy atom. The molecular weight excluding hydrogens is 533 g/mol. The second-order valence-electron chi connectivity index (χ2n) is 7.04. The zero-order chi connectivity index (χ0) is 32.2. The highest BCUT2D eigenvalue weighted by Gasteiger charge is 2.24. The van der Waals surface area contributed by atoms with Crippen molar-refractivity contribution in [2.24, 2.45) is 0 Å². The molecule has 3 aromatic carbocycles. The van der Waals surface area contributed by atoms with E-state index in [4.69, 9.17) is 48.2 Å². The first kappa shape index (κ1) is 40.5. The fourth-order valence-electron chi connectivity index (χ4n) is 2.42. The fourth-order valence-corrected chi connectivity index (χ4v) is 2.42. The van der Waals surface area contributed by atoms with Crippen LogP contribution in [-0.2, 0) is 4.74 Å². The fraction of sp³-hybridized carbons (Fsp3) is 0.355. The van der Waals surface area contributed by atoms with Gasteiger partial charge in [-0.3, -0.25) is 0 Å². The molecule has 1 aliphatic rings. The Hall–Kier alpha value is -3.69. The summed E-state index contributed by atoms with van der Waals surface area (Å²) in [6.45, 7) is 17.9.